The van der Waals surface area contributed by atoms with Crippen molar-refractivity contribution in [1.82, 2.24) is 0 Å². The molecule has 0 heterocycles. The first-order valence-corrected chi connectivity index (χ1v) is 5.26. The molecule has 1 aromatic carbocycles. The summed E-state index contributed by atoms with van der Waals surface area (Å²) in [5.41, 5.74) is 0.873. The van der Waals surface area contributed by atoms with E-state index in [1.807, 2.05) is 20.8 Å². The number of carbonyl (C=O) groups excluding carboxylic acids is 1. The van der Waals surface area contributed by atoms with E-state index in [0.717, 1.165) is 0 Å². The van der Waals surface area contributed by atoms with Crippen LogP contribution in [0.3, 0.4) is 0 Å². The first-order valence-electron chi connectivity index (χ1n) is 5.26. The van der Waals surface area contributed by atoms with Gasteiger partial charge in [-0.1, -0.05) is 20.8 Å². The SMILES string of the molecule is Cc1cc(C(=O)CC(C)(C)C)cc(O)c1O. The normalized spacial score (nSPS) is 11.5. The van der Waals surface area contributed by atoms with Crippen molar-refractivity contribution < 1.29 is 15.0 Å². The van der Waals surface area contributed by atoms with Crippen LogP contribution in [0.1, 0.15) is 43.1 Å². The molecule has 1 rings (SSSR count). The van der Waals surface area contributed by atoms with Crippen molar-refractivity contribution in [1.29, 1.82) is 0 Å². The average molecular weight is 222 g/mol. The topological polar surface area (TPSA) is 57.5 Å². The molecule has 16 heavy (non-hydrogen) atoms. The number of phenols is 2. The van der Waals surface area contributed by atoms with E-state index in [1.54, 1.807) is 13.0 Å². The Kier molecular flexibility index (Phi) is 3.27. The van der Waals surface area contributed by atoms with E-state index in [-0.39, 0.29) is 22.7 Å². The third-order valence-electron chi connectivity index (χ3n) is 2.29. The quantitative estimate of drug-likeness (QED) is 0.597. The molecule has 0 fully saturated rings. The summed E-state index contributed by atoms with van der Waals surface area (Å²) >= 11 is 0. The molecule has 1 aromatic rings. The van der Waals surface area contributed by atoms with Gasteiger partial charge in [0.15, 0.2) is 17.3 Å². The maximum atomic E-state index is 11.9. The van der Waals surface area contributed by atoms with Crippen molar-refractivity contribution in [2.24, 2.45) is 5.41 Å². The Morgan fingerprint density at radius 1 is 1.25 bits per heavy atom. The zero-order valence-electron chi connectivity index (χ0n) is 10.2. The molecule has 0 radical (unpaired) electrons. The van der Waals surface area contributed by atoms with Crippen molar-refractivity contribution in [3.8, 4) is 11.5 Å². The van der Waals surface area contributed by atoms with Gasteiger partial charge in [-0.15, -0.1) is 0 Å². The fraction of sp³-hybridized carbons (Fsp3) is 0.462. The molecule has 0 saturated carbocycles. The Bertz CT molecular complexity index is 391. The smallest absolute Gasteiger partial charge is 0.163 e. The van der Waals surface area contributed by atoms with Crippen LogP contribution in [-0.4, -0.2) is 16.0 Å². The van der Waals surface area contributed by atoms with E-state index in [2.05, 4.69) is 0 Å². The second kappa shape index (κ2) is 4.16. The summed E-state index contributed by atoms with van der Waals surface area (Å²) in [5, 5.41) is 18.8. The van der Waals surface area contributed by atoms with Gasteiger partial charge in [0.25, 0.3) is 0 Å². The standard InChI is InChI=1S/C13H18O3/c1-8-5-9(6-10(14)12(8)16)11(15)7-13(2,3)4/h5-6,14,16H,7H2,1-4H3. The lowest BCUT2D eigenvalue weighted by Gasteiger charge is -2.17. The van der Waals surface area contributed by atoms with Gasteiger partial charge in [-0.2, -0.15) is 0 Å². The van der Waals surface area contributed by atoms with E-state index in [4.69, 9.17) is 0 Å². The summed E-state index contributed by atoms with van der Waals surface area (Å²) in [7, 11) is 0. The van der Waals surface area contributed by atoms with Crippen LogP contribution >= 0.6 is 0 Å². The lowest BCUT2D eigenvalue weighted by molar-refractivity contribution is 0.0939. The fourth-order valence-electron chi connectivity index (χ4n) is 1.51. The molecule has 2 N–H and O–H groups in total. The highest BCUT2D eigenvalue weighted by Gasteiger charge is 2.19. The summed E-state index contributed by atoms with van der Waals surface area (Å²) in [6.07, 6.45) is 0.413. The zero-order chi connectivity index (χ0) is 12.5. The Morgan fingerprint density at radius 2 is 1.81 bits per heavy atom. The van der Waals surface area contributed by atoms with Gasteiger partial charge < -0.3 is 10.2 Å². The lowest BCUT2D eigenvalue weighted by atomic mass is 9.87. The predicted octanol–water partition coefficient (Wildman–Crippen LogP) is 3.03. The number of phenolic OH excluding ortho intramolecular Hbond substituents is 2. The van der Waals surface area contributed by atoms with E-state index < -0.39 is 0 Å². The van der Waals surface area contributed by atoms with Gasteiger partial charge in [-0.05, 0) is 30.0 Å². The van der Waals surface area contributed by atoms with Crippen molar-refractivity contribution in [2.45, 2.75) is 34.1 Å². The summed E-state index contributed by atoms with van der Waals surface area (Å²) in [6.45, 7) is 7.61. The summed E-state index contributed by atoms with van der Waals surface area (Å²) in [6, 6.07) is 2.92. The molecule has 0 aliphatic carbocycles. The number of aryl methyl sites for hydroxylation is 1. The largest absolute Gasteiger partial charge is 0.504 e. The minimum Gasteiger partial charge on any atom is -0.504 e. The van der Waals surface area contributed by atoms with Gasteiger partial charge in [0.2, 0.25) is 0 Å². The molecule has 88 valence electrons. The monoisotopic (exact) mass is 222 g/mol. The fourth-order valence-corrected chi connectivity index (χ4v) is 1.51. The highest BCUT2D eigenvalue weighted by molar-refractivity contribution is 5.97. The third-order valence-corrected chi connectivity index (χ3v) is 2.29. The highest BCUT2D eigenvalue weighted by Crippen LogP contribution is 2.31. The molecule has 0 aliphatic rings. The molecule has 0 aliphatic heterocycles. The Balaban J connectivity index is 3.02. The number of hydrogen-bond donors (Lipinski definition) is 2. The molecule has 0 atom stereocenters. The van der Waals surface area contributed by atoms with Crippen LogP contribution in [0.4, 0.5) is 0 Å². The van der Waals surface area contributed by atoms with Crippen molar-refractivity contribution in [2.75, 3.05) is 0 Å². The molecule has 0 aromatic heterocycles. The summed E-state index contributed by atoms with van der Waals surface area (Å²) in [4.78, 5) is 11.9. The van der Waals surface area contributed by atoms with Crippen LogP contribution in [0.25, 0.3) is 0 Å². The van der Waals surface area contributed by atoms with Gasteiger partial charge >= 0.3 is 0 Å². The molecule has 0 bridgehead atoms. The summed E-state index contributed by atoms with van der Waals surface area (Å²) in [5.74, 6) is -0.421. The maximum absolute atomic E-state index is 11.9. The first-order chi connectivity index (χ1) is 7.20. The second-order valence-corrected chi connectivity index (χ2v) is 5.32. The molecule has 0 amide bonds. The molecule has 0 saturated heterocycles. The summed E-state index contributed by atoms with van der Waals surface area (Å²) < 4.78 is 0. The second-order valence-electron chi connectivity index (χ2n) is 5.32. The average Bonchev–Trinajstić information content (AvgIpc) is 2.10. The number of carbonyl (C=O) groups is 1. The third kappa shape index (κ3) is 2.99. The first kappa shape index (κ1) is 12.6. The molecule has 3 nitrogen and oxygen atoms in total. The van der Waals surface area contributed by atoms with E-state index in [9.17, 15) is 15.0 Å². The molecular weight excluding hydrogens is 204 g/mol. The number of ketones is 1. The zero-order valence-corrected chi connectivity index (χ0v) is 10.2. The van der Waals surface area contributed by atoms with Crippen molar-refractivity contribution >= 4 is 5.78 Å². The van der Waals surface area contributed by atoms with Crippen molar-refractivity contribution in [3.05, 3.63) is 23.3 Å². The Hall–Kier alpha value is -1.51. The van der Waals surface area contributed by atoms with Crippen molar-refractivity contribution in [3.63, 3.8) is 0 Å². The number of aromatic hydroxyl groups is 2. The number of rotatable bonds is 2. The van der Waals surface area contributed by atoms with Crippen LogP contribution in [-0.2, 0) is 0 Å². The van der Waals surface area contributed by atoms with E-state index >= 15 is 0 Å². The number of benzene rings is 1. The van der Waals surface area contributed by atoms with E-state index in [0.29, 0.717) is 17.5 Å². The molecule has 3 heteroatoms. The minimum absolute atomic E-state index is 0.0223. The molecule has 0 spiro atoms. The van der Waals surface area contributed by atoms with Crippen LogP contribution in [0.2, 0.25) is 0 Å². The van der Waals surface area contributed by atoms with Gasteiger partial charge in [0.05, 0.1) is 0 Å². The minimum atomic E-state index is -0.239. The predicted molar refractivity (Wildman–Crippen MR) is 62.9 cm³/mol. The van der Waals surface area contributed by atoms with Crippen LogP contribution < -0.4 is 0 Å². The van der Waals surface area contributed by atoms with Crippen LogP contribution in [0.5, 0.6) is 11.5 Å². The van der Waals surface area contributed by atoms with Crippen LogP contribution in [0.15, 0.2) is 12.1 Å². The number of Topliss-reactive ketones (excluding diaryl/α,β-unsaturated/α-hetero) is 1. The molecule has 0 unspecified atom stereocenters. The molecular formula is C13H18O3. The van der Waals surface area contributed by atoms with Gasteiger partial charge in [0, 0.05) is 12.0 Å². The highest BCUT2D eigenvalue weighted by atomic mass is 16.3. The lowest BCUT2D eigenvalue weighted by Crippen LogP contribution is -2.13. The van der Waals surface area contributed by atoms with E-state index in [1.165, 1.54) is 6.07 Å². The van der Waals surface area contributed by atoms with Gasteiger partial charge in [-0.3, -0.25) is 4.79 Å². The Labute approximate surface area is 95.7 Å². The van der Waals surface area contributed by atoms with Crippen LogP contribution in [0, 0.1) is 12.3 Å². The van der Waals surface area contributed by atoms with Gasteiger partial charge in [-0.25, -0.2) is 0 Å². The number of hydrogen-bond acceptors (Lipinski definition) is 3. The maximum Gasteiger partial charge on any atom is 0.163 e. The Morgan fingerprint density at radius 3 is 2.25 bits per heavy atom. The van der Waals surface area contributed by atoms with Gasteiger partial charge in [0.1, 0.15) is 0 Å².